The van der Waals surface area contributed by atoms with Gasteiger partial charge in [0.25, 0.3) is 0 Å². The van der Waals surface area contributed by atoms with E-state index in [0.29, 0.717) is 0 Å². The number of hydrogen-bond donors (Lipinski definition) is 0. The molecule has 0 aliphatic carbocycles. The molecule has 1 atom stereocenters. The van der Waals surface area contributed by atoms with Crippen LogP contribution in [0.25, 0.3) is 11.2 Å². The van der Waals surface area contributed by atoms with E-state index >= 15 is 0 Å². The van der Waals surface area contributed by atoms with E-state index in [2.05, 4.69) is 25.5 Å². The summed E-state index contributed by atoms with van der Waals surface area (Å²) in [6.07, 6.45) is 5.72. The normalized spacial score (nSPS) is 17.7. The van der Waals surface area contributed by atoms with E-state index in [0.717, 1.165) is 42.1 Å². The second-order valence-corrected chi connectivity index (χ2v) is 6.65. The summed E-state index contributed by atoms with van der Waals surface area (Å²) in [7, 11) is 0. The molecular formula is C16H23ClN4. The Bertz CT molecular complexity index is 614. The quantitative estimate of drug-likeness (QED) is 0.793. The molecule has 0 spiro atoms. The van der Waals surface area contributed by atoms with Gasteiger partial charge in [0, 0.05) is 12.7 Å². The minimum atomic E-state index is -0.0914. The number of rotatable bonds is 5. The molecular weight excluding hydrogens is 284 g/mol. The van der Waals surface area contributed by atoms with Crippen LogP contribution in [-0.2, 0) is 6.54 Å². The lowest BCUT2D eigenvalue weighted by atomic mass is 10.3. The Morgan fingerprint density at radius 3 is 2.76 bits per heavy atom. The molecule has 3 rings (SSSR count). The fraction of sp³-hybridized carbons (Fsp3) is 0.625. The molecule has 0 radical (unpaired) electrons. The van der Waals surface area contributed by atoms with Crippen LogP contribution in [0.5, 0.6) is 0 Å². The van der Waals surface area contributed by atoms with Crippen molar-refractivity contribution in [3.8, 4) is 0 Å². The maximum Gasteiger partial charge on any atom is 0.160 e. The number of nitrogens with zero attached hydrogens (tertiary/aromatic N) is 4. The van der Waals surface area contributed by atoms with Gasteiger partial charge in [-0.05, 0) is 64.4 Å². The van der Waals surface area contributed by atoms with Crippen molar-refractivity contribution in [2.45, 2.75) is 45.0 Å². The Morgan fingerprint density at radius 2 is 2.05 bits per heavy atom. The smallest absolute Gasteiger partial charge is 0.160 e. The zero-order valence-electron chi connectivity index (χ0n) is 12.8. The van der Waals surface area contributed by atoms with Gasteiger partial charge in [0.2, 0.25) is 0 Å². The summed E-state index contributed by atoms with van der Waals surface area (Å²) in [6, 6.07) is 2.09. The van der Waals surface area contributed by atoms with Gasteiger partial charge in [-0.25, -0.2) is 9.97 Å². The fourth-order valence-corrected chi connectivity index (χ4v) is 3.28. The highest BCUT2D eigenvalue weighted by atomic mass is 35.5. The standard InChI is InChI=1S/C16H23ClN4/c1-12-10-14-16(18-11-12)21(15(19-14)13(2)17)9-5-8-20-6-3-4-7-20/h10-11,13H,3-9H2,1-2H3. The third-order valence-corrected chi connectivity index (χ3v) is 4.36. The van der Waals surface area contributed by atoms with E-state index < -0.39 is 0 Å². The molecule has 0 amide bonds. The first kappa shape index (κ1) is 14.8. The zero-order valence-corrected chi connectivity index (χ0v) is 13.6. The molecule has 4 nitrogen and oxygen atoms in total. The summed E-state index contributed by atoms with van der Waals surface area (Å²) in [5.41, 5.74) is 3.06. The molecule has 1 aliphatic heterocycles. The number of imidazole rings is 1. The largest absolute Gasteiger partial charge is 0.311 e. The van der Waals surface area contributed by atoms with Crippen molar-refractivity contribution in [3.63, 3.8) is 0 Å². The lowest BCUT2D eigenvalue weighted by Crippen LogP contribution is -2.22. The Kier molecular flexibility index (Phi) is 4.45. The Labute approximate surface area is 131 Å². The van der Waals surface area contributed by atoms with Crippen molar-refractivity contribution >= 4 is 22.8 Å². The number of alkyl halides is 1. The van der Waals surface area contributed by atoms with Gasteiger partial charge in [-0.2, -0.15) is 0 Å². The molecule has 21 heavy (non-hydrogen) atoms. The second-order valence-electron chi connectivity index (χ2n) is 6.00. The molecule has 0 bridgehead atoms. The van der Waals surface area contributed by atoms with Crippen LogP contribution < -0.4 is 0 Å². The van der Waals surface area contributed by atoms with Crippen LogP contribution in [0.2, 0.25) is 0 Å². The van der Waals surface area contributed by atoms with E-state index in [9.17, 15) is 0 Å². The summed E-state index contributed by atoms with van der Waals surface area (Å²) >= 11 is 6.30. The van der Waals surface area contributed by atoms with E-state index in [1.54, 1.807) is 0 Å². The number of aromatic nitrogens is 3. The van der Waals surface area contributed by atoms with Gasteiger partial charge in [0.05, 0.1) is 5.38 Å². The van der Waals surface area contributed by atoms with Crippen molar-refractivity contribution in [2.75, 3.05) is 19.6 Å². The molecule has 0 saturated carbocycles. The number of aryl methyl sites for hydroxylation is 2. The second kappa shape index (κ2) is 6.32. The summed E-state index contributed by atoms with van der Waals surface area (Å²) in [6.45, 7) is 8.62. The van der Waals surface area contributed by atoms with Crippen LogP contribution in [0.15, 0.2) is 12.3 Å². The monoisotopic (exact) mass is 306 g/mol. The first-order valence-electron chi connectivity index (χ1n) is 7.84. The summed E-state index contributed by atoms with van der Waals surface area (Å²) in [4.78, 5) is 11.8. The van der Waals surface area contributed by atoms with Gasteiger partial charge in [-0.15, -0.1) is 11.6 Å². The molecule has 1 saturated heterocycles. The van der Waals surface area contributed by atoms with Crippen molar-refractivity contribution in [1.29, 1.82) is 0 Å². The molecule has 114 valence electrons. The molecule has 2 aromatic heterocycles. The van der Waals surface area contributed by atoms with Crippen LogP contribution in [0.1, 0.15) is 43.0 Å². The average molecular weight is 307 g/mol. The van der Waals surface area contributed by atoms with Gasteiger partial charge in [0.15, 0.2) is 5.65 Å². The van der Waals surface area contributed by atoms with Gasteiger partial charge in [0.1, 0.15) is 11.3 Å². The summed E-state index contributed by atoms with van der Waals surface area (Å²) in [5.74, 6) is 0.936. The maximum absolute atomic E-state index is 6.30. The van der Waals surface area contributed by atoms with E-state index in [1.165, 1.54) is 25.9 Å². The number of pyridine rings is 1. The lowest BCUT2D eigenvalue weighted by Gasteiger charge is -2.15. The Balaban J connectivity index is 1.79. The van der Waals surface area contributed by atoms with Crippen molar-refractivity contribution in [1.82, 2.24) is 19.4 Å². The average Bonchev–Trinajstić information content (AvgIpc) is 3.06. The summed E-state index contributed by atoms with van der Waals surface area (Å²) in [5, 5.41) is -0.0914. The highest BCUT2D eigenvalue weighted by molar-refractivity contribution is 6.20. The first-order chi connectivity index (χ1) is 10.1. The van der Waals surface area contributed by atoms with Gasteiger partial charge >= 0.3 is 0 Å². The maximum atomic E-state index is 6.30. The first-order valence-corrected chi connectivity index (χ1v) is 8.28. The third-order valence-electron chi connectivity index (χ3n) is 4.16. The minimum absolute atomic E-state index is 0.0914. The number of likely N-dealkylation sites (tertiary alicyclic amines) is 1. The van der Waals surface area contributed by atoms with Crippen LogP contribution >= 0.6 is 11.6 Å². The van der Waals surface area contributed by atoms with Gasteiger partial charge in [-0.1, -0.05) is 0 Å². The summed E-state index contributed by atoms with van der Waals surface area (Å²) < 4.78 is 2.20. The predicted octanol–water partition coefficient (Wildman–Crippen LogP) is 3.53. The fourth-order valence-electron chi connectivity index (χ4n) is 3.11. The Hall–Kier alpha value is -1.13. The predicted molar refractivity (Wildman–Crippen MR) is 86.8 cm³/mol. The van der Waals surface area contributed by atoms with Gasteiger partial charge in [-0.3, -0.25) is 0 Å². The van der Waals surface area contributed by atoms with Crippen LogP contribution in [0.3, 0.4) is 0 Å². The Morgan fingerprint density at radius 1 is 1.29 bits per heavy atom. The highest BCUT2D eigenvalue weighted by Crippen LogP contribution is 2.24. The molecule has 1 unspecified atom stereocenters. The number of hydrogen-bond acceptors (Lipinski definition) is 3. The van der Waals surface area contributed by atoms with Gasteiger partial charge < -0.3 is 9.47 Å². The molecule has 3 heterocycles. The highest BCUT2D eigenvalue weighted by Gasteiger charge is 2.17. The number of fused-ring (bicyclic) bond motifs is 1. The lowest BCUT2D eigenvalue weighted by molar-refractivity contribution is 0.325. The van der Waals surface area contributed by atoms with E-state index in [1.807, 2.05) is 20.0 Å². The van der Waals surface area contributed by atoms with Crippen LogP contribution in [0.4, 0.5) is 0 Å². The zero-order chi connectivity index (χ0) is 14.8. The molecule has 1 aliphatic rings. The number of halogens is 1. The van der Waals surface area contributed by atoms with Crippen molar-refractivity contribution in [2.24, 2.45) is 0 Å². The minimum Gasteiger partial charge on any atom is -0.311 e. The van der Waals surface area contributed by atoms with E-state index in [4.69, 9.17) is 11.6 Å². The van der Waals surface area contributed by atoms with Crippen molar-refractivity contribution < 1.29 is 0 Å². The van der Waals surface area contributed by atoms with Crippen molar-refractivity contribution in [3.05, 3.63) is 23.7 Å². The molecule has 1 fully saturated rings. The van der Waals surface area contributed by atoms with Crippen LogP contribution in [-0.4, -0.2) is 39.1 Å². The molecule has 0 N–H and O–H groups in total. The van der Waals surface area contributed by atoms with E-state index in [-0.39, 0.29) is 5.38 Å². The molecule has 0 aromatic carbocycles. The van der Waals surface area contributed by atoms with Crippen LogP contribution in [0, 0.1) is 6.92 Å². The SMILES string of the molecule is Cc1cnc2c(c1)nc(C(C)Cl)n2CCCN1CCCC1. The third kappa shape index (κ3) is 3.22. The molecule has 2 aromatic rings. The topological polar surface area (TPSA) is 34.0 Å². The molecule has 5 heteroatoms.